The Hall–Kier alpha value is -2.88. The number of rotatable bonds is 6. The smallest absolute Gasteiger partial charge is 0.235 e. The van der Waals surface area contributed by atoms with Gasteiger partial charge in [-0.15, -0.1) is 0 Å². The second kappa shape index (κ2) is 8.33. The van der Waals surface area contributed by atoms with E-state index in [1.807, 2.05) is 24.3 Å². The van der Waals surface area contributed by atoms with Crippen molar-refractivity contribution in [3.63, 3.8) is 0 Å². The highest BCUT2D eigenvalue weighted by atomic mass is 16.5. The van der Waals surface area contributed by atoms with Crippen LogP contribution in [0.3, 0.4) is 0 Å². The van der Waals surface area contributed by atoms with Crippen molar-refractivity contribution in [1.29, 1.82) is 0 Å². The number of ether oxygens (including phenoxy) is 2. The Bertz CT molecular complexity index is 1200. The second-order valence-corrected chi connectivity index (χ2v) is 11.2. The van der Waals surface area contributed by atoms with Crippen molar-refractivity contribution in [2.24, 2.45) is 17.8 Å². The molecule has 1 saturated heterocycles. The largest absolute Gasteiger partial charge is 0.497 e. The third kappa shape index (κ3) is 3.64. The number of amides is 1. The van der Waals surface area contributed by atoms with Gasteiger partial charge in [-0.1, -0.05) is 0 Å². The lowest BCUT2D eigenvalue weighted by Crippen LogP contribution is -2.39. The lowest BCUT2D eigenvalue weighted by atomic mass is 9.74. The molecule has 2 aliphatic carbocycles. The number of aromatic nitrogens is 1. The molecule has 0 radical (unpaired) electrons. The normalized spacial score (nSPS) is 32.6. The number of hydrogen-bond acceptors (Lipinski definition) is 8. The first kappa shape index (κ1) is 23.5. The van der Waals surface area contributed by atoms with Crippen molar-refractivity contribution < 1.29 is 19.4 Å². The van der Waals surface area contributed by atoms with Crippen LogP contribution in [0.25, 0.3) is 0 Å². The van der Waals surface area contributed by atoms with E-state index < -0.39 is 11.0 Å². The average molecular weight is 494 g/mol. The number of benzene rings is 1. The summed E-state index contributed by atoms with van der Waals surface area (Å²) in [6, 6.07) is 9.83. The molecular formula is C27H35N5O4. The van der Waals surface area contributed by atoms with E-state index in [0.717, 1.165) is 42.7 Å². The first-order chi connectivity index (χ1) is 17.2. The zero-order valence-corrected chi connectivity index (χ0v) is 21.2. The predicted octanol–water partition coefficient (Wildman–Crippen LogP) is 2.87. The molecule has 3 fully saturated rings. The third-order valence-electron chi connectivity index (χ3n) is 8.74. The van der Waals surface area contributed by atoms with Gasteiger partial charge in [-0.2, -0.15) is 0 Å². The molecule has 4 unspecified atom stereocenters. The lowest BCUT2D eigenvalue weighted by molar-refractivity contribution is -0.118. The van der Waals surface area contributed by atoms with Gasteiger partial charge in [0, 0.05) is 17.6 Å². The quantitative estimate of drug-likeness (QED) is 0.417. The number of carbonyl (C=O) groups excluding carboxylic acids is 1. The summed E-state index contributed by atoms with van der Waals surface area (Å²) in [5.41, 5.74) is 8.09. The average Bonchev–Trinajstić information content (AvgIpc) is 3.42. The summed E-state index contributed by atoms with van der Waals surface area (Å²) < 4.78 is 11.0. The van der Waals surface area contributed by atoms with E-state index in [1.165, 1.54) is 0 Å². The molecule has 2 aliphatic heterocycles. The van der Waals surface area contributed by atoms with E-state index in [1.54, 1.807) is 34.1 Å². The highest BCUT2D eigenvalue weighted by Gasteiger charge is 2.67. The van der Waals surface area contributed by atoms with Crippen LogP contribution in [0.2, 0.25) is 0 Å². The summed E-state index contributed by atoms with van der Waals surface area (Å²) in [5.74, 6) is 3.40. The van der Waals surface area contributed by atoms with Gasteiger partial charge in [0.1, 0.15) is 11.4 Å². The molecule has 1 amide bonds. The van der Waals surface area contributed by atoms with Crippen LogP contribution in [-0.4, -0.2) is 42.4 Å². The molecule has 1 aromatic carbocycles. The molecule has 1 spiro atoms. The van der Waals surface area contributed by atoms with Gasteiger partial charge in [0.2, 0.25) is 5.91 Å². The van der Waals surface area contributed by atoms with Gasteiger partial charge in [0.15, 0.2) is 11.6 Å². The molecule has 9 heteroatoms. The maximum atomic E-state index is 13.1. The third-order valence-corrected chi connectivity index (χ3v) is 8.74. The molecule has 3 heterocycles. The van der Waals surface area contributed by atoms with Crippen LogP contribution in [0.5, 0.6) is 11.5 Å². The lowest BCUT2D eigenvalue weighted by Gasteiger charge is -2.34. The Balaban J connectivity index is 1.16. The zero-order chi connectivity index (χ0) is 25.2. The zero-order valence-electron chi connectivity index (χ0n) is 21.2. The summed E-state index contributed by atoms with van der Waals surface area (Å²) in [7, 11) is 3.29. The van der Waals surface area contributed by atoms with Crippen LogP contribution in [0.15, 0.2) is 30.3 Å². The molecule has 2 aromatic rings. The van der Waals surface area contributed by atoms with Gasteiger partial charge in [0.05, 0.1) is 31.5 Å². The maximum absolute atomic E-state index is 13.1. The number of aliphatic hydroxyl groups is 1. The second-order valence-electron chi connectivity index (χ2n) is 11.2. The fourth-order valence-electron chi connectivity index (χ4n) is 6.72. The van der Waals surface area contributed by atoms with Gasteiger partial charge in [-0.3, -0.25) is 10.2 Å². The van der Waals surface area contributed by atoms with E-state index in [0.29, 0.717) is 41.1 Å². The first-order valence-electron chi connectivity index (χ1n) is 12.8. The van der Waals surface area contributed by atoms with Gasteiger partial charge in [-0.25, -0.2) is 10.4 Å². The minimum absolute atomic E-state index is 0.0117. The van der Waals surface area contributed by atoms with Crippen molar-refractivity contribution in [2.75, 3.05) is 24.9 Å². The minimum Gasteiger partial charge on any atom is -0.497 e. The minimum atomic E-state index is -1.04. The molecular weight excluding hydrogens is 458 g/mol. The van der Waals surface area contributed by atoms with Gasteiger partial charge >= 0.3 is 0 Å². The fourth-order valence-corrected chi connectivity index (χ4v) is 6.72. The van der Waals surface area contributed by atoms with E-state index in [2.05, 4.69) is 26.5 Å². The van der Waals surface area contributed by atoms with Crippen LogP contribution in [0.1, 0.15) is 50.8 Å². The number of nitrogens with one attached hydrogen (secondary N) is 4. The summed E-state index contributed by atoms with van der Waals surface area (Å²) in [4.78, 5) is 17.7. The molecule has 9 nitrogen and oxygen atoms in total. The molecule has 4 aliphatic rings. The SMILES string of the molecule is COc1ccc2c(c1)[C@]1(C[C@H]1C1CCC3C(C1)NNC3Nc1nc(C(C)(C)O)ccc1OC)C(=O)N2. The van der Waals surface area contributed by atoms with E-state index in [9.17, 15) is 9.90 Å². The molecule has 6 rings (SSSR count). The highest BCUT2D eigenvalue weighted by molar-refractivity contribution is 6.09. The van der Waals surface area contributed by atoms with Crippen molar-refractivity contribution in [3.8, 4) is 11.5 Å². The summed E-state index contributed by atoms with van der Waals surface area (Å²) in [6.45, 7) is 3.45. The van der Waals surface area contributed by atoms with Crippen molar-refractivity contribution in [2.45, 2.75) is 62.8 Å². The fraction of sp³-hybridized carbons (Fsp3) is 0.556. The Morgan fingerprint density at radius 3 is 2.72 bits per heavy atom. The topological polar surface area (TPSA) is 117 Å². The number of nitrogens with zero attached hydrogens (tertiary/aromatic N) is 1. The monoisotopic (exact) mass is 493 g/mol. The van der Waals surface area contributed by atoms with E-state index in [-0.39, 0.29) is 12.1 Å². The maximum Gasteiger partial charge on any atom is 0.235 e. The Morgan fingerprint density at radius 1 is 1.14 bits per heavy atom. The molecule has 1 aromatic heterocycles. The number of fused-ring (bicyclic) bond motifs is 3. The van der Waals surface area contributed by atoms with Crippen molar-refractivity contribution in [1.82, 2.24) is 15.8 Å². The molecule has 192 valence electrons. The van der Waals surface area contributed by atoms with Gasteiger partial charge < -0.3 is 25.2 Å². The van der Waals surface area contributed by atoms with Crippen LogP contribution in [-0.2, 0) is 15.8 Å². The van der Waals surface area contributed by atoms with E-state index >= 15 is 0 Å². The number of hydrogen-bond donors (Lipinski definition) is 5. The molecule has 36 heavy (non-hydrogen) atoms. The Kier molecular flexibility index (Phi) is 5.44. The standard InChI is InChI=1S/C27H35N5O4/c1-26(2,34)22-10-9-21(36-4)24(29-22)30-23-16-7-5-14(11-20(16)31-32-23)18-13-27(18)17-12-15(35-3)6-8-19(17)28-25(27)33/h6,8-10,12,14,16,18,20,23,31-32,34H,5,7,11,13H2,1-4H3,(H,28,33)(H,29,30)/t14?,16?,18-,20?,23?,27-/m0/s1. The Labute approximate surface area is 211 Å². The van der Waals surface area contributed by atoms with Crippen LogP contribution in [0.4, 0.5) is 11.5 Å². The Morgan fingerprint density at radius 2 is 1.97 bits per heavy atom. The first-order valence-corrected chi connectivity index (χ1v) is 12.8. The number of methoxy groups -OCH3 is 2. The van der Waals surface area contributed by atoms with Crippen LogP contribution >= 0.6 is 0 Å². The molecule has 6 atom stereocenters. The van der Waals surface area contributed by atoms with Gasteiger partial charge in [-0.05, 0) is 87.3 Å². The number of anilines is 2. The van der Waals surface area contributed by atoms with Crippen LogP contribution < -0.4 is 31.0 Å². The number of hydrazine groups is 1. The summed E-state index contributed by atoms with van der Waals surface area (Å²) >= 11 is 0. The molecule has 0 bridgehead atoms. The molecule has 2 saturated carbocycles. The van der Waals surface area contributed by atoms with Crippen molar-refractivity contribution in [3.05, 3.63) is 41.6 Å². The number of carbonyl (C=O) groups is 1. The van der Waals surface area contributed by atoms with Gasteiger partial charge in [0.25, 0.3) is 0 Å². The van der Waals surface area contributed by atoms with Crippen LogP contribution in [0, 0.1) is 17.8 Å². The predicted molar refractivity (Wildman–Crippen MR) is 136 cm³/mol. The number of pyridine rings is 1. The summed E-state index contributed by atoms with van der Waals surface area (Å²) in [5, 5.41) is 17.0. The van der Waals surface area contributed by atoms with E-state index in [4.69, 9.17) is 9.47 Å². The molecule has 5 N–H and O–H groups in total. The summed E-state index contributed by atoms with van der Waals surface area (Å²) in [6.07, 6.45) is 4.03. The van der Waals surface area contributed by atoms with Crippen molar-refractivity contribution >= 4 is 17.4 Å². The highest BCUT2D eigenvalue weighted by Crippen LogP contribution is 2.65.